The fourth-order valence-corrected chi connectivity index (χ4v) is 4.41. The second-order valence-corrected chi connectivity index (χ2v) is 7.61. The number of hydrogen-bond donors (Lipinski definition) is 1. The van der Waals surface area contributed by atoms with E-state index in [-0.39, 0.29) is 17.8 Å². The summed E-state index contributed by atoms with van der Waals surface area (Å²) in [5.74, 6) is -0.546. The number of phenols is 1. The highest BCUT2D eigenvalue weighted by Crippen LogP contribution is 2.51. The largest absolute Gasteiger partial charge is 0.507 e. The zero-order chi connectivity index (χ0) is 19.1. The van der Waals surface area contributed by atoms with Crippen molar-refractivity contribution in [1.82, 2.24) is 0 Å². The third-order valence-corrected chi connectivity index (χ3v) is 5.61. The average Bonchev–Trinajstić information content (AvgIpc) is 2.94. The van der Waals surface area contributed by atoms with E-state index in [1.807, 2.05) is 62.4 Å². The van der Waals surface area contributed by atoms with Gasteiger partial charge in [0.1, 0.15) is 11.7 Å². The van der Waals surface area contributed by atoms with Crippen LogP contribution in [-0.2, 0) is 9.53 Å². The van der Waals surface area contributed by atoms with E-state index >= 15 is 0 Å². The molecule has 138 valence electrons. The molecule has 0 aromatic heterocycles. The minimum atomic E-state index is -0.463. The highest BCUT2D eigenvalue weighted by Gasteiger charge is 2.43. The molecular weight excluding hydrogens is 406 g/mol. The molecule has 3 aromatic carbocycles. The maximum atomic E-state index is 12.8. The van der Waals surface area contributed by atoms with Crippen LogP contribution in [0.2, 0.25) is 0 Å². The van der Waals surface area contributed by atoms with Gasteiger partial charge in [-0.3, -0.25) is 4.79 Å². The molecule has 4 rings (SSSR count). The highest BCUT2D eigenvalue weighted by molar-refractivity contribution is 9.10. The van der Waals surface area contributed by atoms with Crippen LogP contribution in [-0.4, -0.2) is 23.7 Å². The number of carbonyl (C=O) groups is 1. The molecular formula is C22H20BrNO3. The summed E-state index contributed by atoms with van der Waals surface area (Å²) in [6.07, 6.45) is 0. The first-order valence-electron chi connectivity index (χ1n) is 8.99. The zero-order valence-electron chi connectivity index (χ0n) is 15.1. The van der Waals surface area contributed by atoms with Crippen LogP contribution in [0.3, 0.4) is 0 Å². The molecule has 27 heavy (non-hydrogen) atoms. The average molecular weight is 426 g/mol. The first kappa shape index (κ1) is 17.9. The Morgan fingerprint density at radius 1 is 1.15 bits per heavy atom. The molecule has 0 aliphatic carbocycles. The number of fused-ring (bicyclic) bond motifs is 3. The van der Waals surface area contributed by atoms with E-state index in [1.54, 1.807) is 6.07 Å². The number of phenolic OH excluding ortho intramolecular Hbond substituents is 1. The Morgan fingerprint density at radius 2 is 1.89 bits per heavy atom. The summed E-state index contributed by atoms with van der Waals surface area (Å²) in [5.41, 5.74) is 2.74. The molecule has 1 heterocycles. The third-order valence-electron chi connectivity index (χ3n) is 5.12. The summed E-state index contributed by atoms with van der Waals surface area (Å²) in [7, 11) is 0. The van der Waals surface area contributed by atoms with Crippen molar-refractivity contribution in [2.75, 3.05) is 11.5 Å². The van der Waals surface area contributed by atoms with Crippen LogP contribution in [0.5, 0.6) is 5.75 Å². The Kier molecular flexibility index (Phi) is 4.56. The third kappa shape index (κ3) is 2.86. The first-order chi connectivity index (χ1) is 13.0. The summed E-state index contributed by atoms with van der Waals surface area (Å²) >= 11 is 3.54. The van der Waals surface area contributed by atoms with Crippen molar-refractivity contribution in [3.05, 3.63) is 64.6 Å². The second-order valence-electron chi connectivity index (χ2n) is 6.70. The fraction of sp³-hybridized carbons (Fsp3) is 0.227. The van der Waals surface area contributed by atoms with Crippen LogP contribution in [0.15, 0.2) is 59.1 Å². The lowest BCUT2D eigenvalue weighted by Crippen LogP contribution is -2.31. The van der Waals surface area contributed by atoms with Gasteiger partial charge >= 0.3 is 5.97 Å². The van der Waals surface area contributed by atoms with Gasteiger partial charge in [0.25, 0.3) is 0 Å². The van der Waals surface area contributed by atoms with Crippen LogP contribution >= 0.6 is 15.9 Å². The zero-order valence-corrected chi connectivity index (χ0v) is 16.7. The molecule has 1 N–H and O–H groups in total. The second kappa shape index (κ2) is 6.89. The molecule has 0 saturated heterocycles. The van der Waals surface area contributed by atoms with Gasteiger partial charge in [-0.05, 0) is 43.7 Å². The number of halogens is 1. The first-order valence-corrected chi connectivity index (χ1v) is 9.78. The Bertz CT molecular complexity index is 1030. The summed E-state index contributed by atoms with van der Waals surface area (Å²) in [5, 5.41) is 12.3. The maximum Gasteiger partial charge on any atom is 0.315 e. The minimum Gasteiger partial charge on any atom is -0.507 e. The molecule has 0 amide bonds. The Labute approximate surface area is 166 Å². The number of rotatable bonds is 3. The molecule has 0 spiro atoms. The van der Waals surface area contributed by atoms with Crippen LogP contribution < -0.4 is 4.90 Å². The minimum absolute atomic E-state index is 0.140. The van der Waals surface area contributed by atoms with Gasteiger partial charge in [-0.1, -0.05) is 46.3 Å². The summed E-state index contributed by atoms with van der Waals surface area (Å²) in [6, 6.07) is 17.3. The molecule has 2 atom stereocenters. The number of esters is 1. The number of benzene rings is 3. The van der Waals surface area contributed by atoms with Crippen LogP contribution in [0.1, 0.15) is 25.3 Å². The molecule has 0 saturated carbocycles. The molecule has 4 nitrogen and oxygen atoms in total. The number of aromatic hydroxyl groups is 1. The molecule has 1 aliphatic heterocycles. The Morgan fingerprint density at radius 3 is 2.59 bits per heavy atom. The molecule has 3 aromatic rings. The summed E-state index contributed by atoms with van der Waals surface area (Å²) in [6.45, 7) is 4.16. The predicted molar refractivity (Wildman–Crippen MR) is 111 cm³/mol. The van der Waals surface area contributed by atoms with Crippen molar-refractivity contribution >= 4 is 44.0 Å². The number of carbonyl (C=O) groups excluding carboxylic acids is 1. The number of hydrogen-bond acceptors (Lipinski definition) is 4. The lowest BCUT2D eigenvalue weighted by Gasteiger charge is -2.27. The van der Waals surface area contributed by atoms with Gasteiger partial charge in [0.2, 0.25) is 0 Å². The predicted octanol–water partition coefficient (Wildman–Crippen LogP) is 5.49. The monoisotopic (exact) mass is 425 g/mol. The Hall–Kier alpha value is -2.53. The summed E-state index contributed by atoms with van der Waals surface area (Å²) < 4.78 is 6.33. The standard InChI is InChI=1S/C22H20BrNO3/c1-3-27-22(26)20-13(2)24(15-8-6-7-14(23)11-15)21-17-10-5-4-9-16(17)19(25)12-18(20)21/h4-13,20,25H,3H2,1-2H3. The maximum absolute atomic E-state index is 12.8. The van der Waals surface area contributed by atoms with Gasteiger partial charge in [-0.15, -0.1) is 0 Å². The van der Waals surface area contributed by atoms with Gasteiger partial charge in [-0.25, -0.2) is 0 Å². The van der Waals surface area contributed by atoms with E-state index in [4.69, 9.17) is 4.74 Å². The molecule has 0 radical (unpaired) electrons. The van der Waals surface area contributed by atoms with Gasteiger partial charge in [0.15, 0.2) is 0 Å². The van der Waals surface area contributed by atoms with E-state index in [2.05, 4.69) is 20.8 Å². The topological polar surface area (TPSA) is 49.8 Å². The van der Waals surface area contributed by atoms with Crippen molar-refractivity contribution < 1.29 is 14.6 Å². The van der Waals surface area contributed by atoms with Crippen molar-refractivity contribution in [2.45, 2.75) is 25.8 Å². The van der Waals surface area contributed by atoms with Crippen LogP contribution in [0, 0.1) is 0 Å². The Balaban J connectivity index is 2.01. The smallest absolute Gasteiger partial charge is 0.315 e. The molecule has 5 heteroatoms. The van der Waals surface area contributed by atoms with Gasteiger partial charge in [0.05, 0.1) is 12.3 Å². The number of nitrogens with zero attached hydrogens (tertiary/aromatic N) is 1. The molecule has 1 aliphatic rings. The molecule has 2 unspecified atom stereocenters. The summed E-state index contributed by atoms with van der Waals surface area (Å²) in [4.78, 5) is 14.9. The highest BCUT2D eigenvalue weighted by atomic mass is 79.9. The van der Waals surface area contributed by atoms with Crippen LogP contribution in [0.25, 0.3) is 10.8 Å². The van der Waals surface area contributed by atoms with Gasteiger partial charge < -0.3 is 14.7 Å². The number of anilines is 2. The van der Waals surface area contributed by atoms with E-state index in [9.17, 15) is 9.90 Å². The SMILES string of the molecule is CCOC(=O)C1c2cc(O)c3ccccc3c2N(c2cccc(Br)c2)C1C. The number of ether oxygens (including phenoxy) is 1. The van der Waals surface area contributed by atoms with Crippen molar-refractivity contribution in [2.24, 2.45) is 0 Å². The van der Waals surface area contributed by atoms with E-state index in [0.29, 0.717) is 6.61 Å². The van der Waals surface area contributed by atoms with E-state index in [1.165, 1.54) is 0 Å². The normalized spacial score (nSPS) is 18.6. The van der Waals surface area contributed by atoms with Crippen molar-refractivity contribution in [1.29, 1.82) is 0 Å². The lowest BCUT2D eigenvalue weighted by atomic mass is 9.93. The van der Waals surface area contributed by atoms with Crippen molar-refractivity contribution in [3.63, 3.8) is 0 Å². The van der Waals surface area contributed by atoms with Crippen LogP contribution in [0.4, 0.5) is 11.4 Å². The molecule has 0 bridgehead atoms. The van der Waals surface area contributed by atoms with E-state index in [0.717, 1.165) is 32.2 Å². The fourth-order valence-electron chi connectivity index (χ4n) is 4.03. The van der Waals surface area contributed by atoms with E-state index < -0.39 is 5.92 Å². The van der Waals surface area contributed by atoms with Gasteiger partial charge in [-0.2, -0.15) is 0 Å². The van der Waals surface area contributed by atoms with Gasteiger partial charge in [0, 0.05) is 27.0 Å². The molecule has 0 fully saturated rings. The quantitative estimate of drug-likeness (QED) is 0.563. The van der Waals surface area contributed by atoms with Crippen molar-refractivity contribution in [3.8, 4) is 5.75 Å². The lowest BCUT2D eigenvalue weighted by molar-refractivity contribution is -0.145.